The minimum absolute atomic E-state index is 0.0470. The van der Waals surface area contributed by atoms with Gasteiger partial charge in [-0.15, -0.1) is 0 Å². The van der Waals surface area contributed by atoms with Crippen LogP contribution in [0.3, 0.4) is 0 Å². The van der Waals surface area contributed by atoms with E-state index in [2.05, 4.69) is 12.6 Å². The van der Waals surface area contributed by atoms with Crippen LogP contribution < -0.4 is 4.74 Å². The lowest BCUT2D eigenvalue weighted by Crippen LogP contribution is -2.43. The summed E-state index contributed by atoms with van der Waals surface area (Å²) in [6.45, 7) is 0. The highest BCUT2D eigenvalue weighted by Crippen LogP contribution is 2.41. The molecule has 0 N–H and O–H groups in total. The number of amidine groups is 1. The van der Waals surface area contributed by atoms with Crippen LogP contribution in [-0.2, 0) is 4.79 Å². The van der Waals surface area contributed by atoms with Gasteiger partial charge in [0.2, 0.25) is 5.91 Å². The van der Waals surface area contributed by atoms with Crippen LogP contribution in [0.1, 0.15) is 17.2 Å². The predicted molar refractivity (Wildman–Crippen MR) is 105 cm³/mol. The number of amides is 1. The molecule has 0 saturated carbocycles. The number of rotatable bonds is 3. The third-order valence-electron chi connectivity index (χ3n) is 4.26. The number of hydrogen-bond acceptors (Lipinski definition) is 5. The van der Waals surface area contributed by atoms with Crippen molar-refractivity contribution in [2.45, 2.75) is 11.3 Å². The van der Waals surface area contributed by atoms with E-state index < -0.39 is 5.25 Å². The largest absolute Gasteiger partial charge is 0.497 e. The molecule has 0 fully saturated rings. The average Bonchev–Trinajstić information content (AvgIpc) is 3.09. The topological polar surface area (TPSA) is 41.9 Å². The first-order chi connectivity index (χ1) is 12.2. The third-order valence-corrected chi connectivity index (χ3v) is 5.60. The molecule has 6 heteroatoms. The highest BCUT2D eigenvalue weighted by atomic mass is 32.2. The number of aliphatic imine (C=N–C) groups is 1. The number of fused-ring (bicyclic) bond motifs is 1. The van der Waals surface area contributed by atoms with Gasteiger partial charge in [0.1, 0.15) is 11.0 Å². The quantitative estimate of drug-likeness (QED) is 0.834. The summed E-state index contributed by atoms with van der Waals surface area (Å²) in [6, 6.07) is 17.2. The molecule has 0 aromatic heterocycles. The fourth-order valence-electron chi connectivity index (χ4n) is 2.94. The average molecular weight is 368 g/mol. The van der Waals surface area contributed by atoms with Gasteiger partial charge in [-0.2, -0.15) is 12.6 Å². The smallest absolute Gasteiger partial charge is 0.248 e. The third kappa shape index (κ3) is 2.85. The molecule has 2 heterocycles. The van der Waals surface area contributed by atoms with Crippen LogP contribution >= 0.6 is 24.4 Å². The lowest BCUT2D eigenvalue weighted by molar-refractivity contribution is -0.125. The van der Waals surface area contributed by atoms with E-state index in [1.165, 1.54) is 11.8 Å². The van der Waals surface area contributed by atoms with Gasteiger partial charge in [0.05, 0.1) is 18.8 Å². The van der Waals surface area contributed by atoms with E-state index in [9.17, 15) is 4.79 Å². The summed E-state index contributed by atoms with van der Waals surface area (Å²) in [7, 11) is 1.63. The number of hydrogen-bond donors (Lipinski definition) is 1. The normalized spacial score (nSPS) is 22.3. The summed E-state index contributed by atoms with van der Waals surface area (Å²) in [5.41, 5.74) is 2.81. The van der Waals surface area contributed by atoms with Crippen LogP contribution in [0.15, 0.2) is 65.0 Å². The molecular weight excluding hydrogens is 352 g/mol. The number of ether oxygens (including phenoxy) is 1. The molecule has 4 nitrogen and oxygen atoms in total. The van der Waals surface area contributed by atoms with Crippen molar-refractivity contribution in [3.63, 3.8) is 0 Å². The molecule has 2 atom stereocenters. The van der Waals surface area contributed by atoms with Gasteiger partial charge in [0.25, 0.3) is 0 Å². The Hall–Kier alpha value is -2.18. The second kappa shape index (κ2) is 6.61. The van der Waals surface area contributed by atoms with Crippen molar-refractivity contribution >= 4 is 41.2 Å². The van der Waals surface area contributed by atoms with Gasteiger partial charge in [-0.25, -0.2) is 0 Å². The molecule has 0 radical (unpaired) electrons. The highest BCUT2D eigenvalue weighted by molar-refractivity contribution is 8.16. The molecule has 0 saturated heterocycles. The molecule has 1 amide bonds. The number of benzene rings is 2. The van der Waals surface area contributed by atoms with Crippen LogP contribution in [0, 0.1) is 0 Å². The minimum Gasteiger partial charge on any atom is -0.497 e. The first-order valence-electron chi connectivity index (χ1n) is 7.85. The maximum Gasteiger partial charge on any atom is 0.248 e. The summed E-state index contributed by atoms with van der Waals surface area (Å²) in [6.07, 6.45) is 0. The van der Waals surface area contributed by atoms with Crippen molar-refractivity contribution in [1.82, 2.24) is 4.90 Å². The summed E-state index contributed by atoms with van der Waals surface area (Å²) < 4.78 is 5.19. The molecule has 4 rings (SSSR count). The summed E-state index contributed by atoms with van der Waals surface area (Å²) >= 11 is 6.06. The molecule has 0 unspecified atom stereocenters. The van der Waals surface area contributed by atoms with Crippen LogP contribution in [0.5, 0.6) is 5.75 Å². The van der Waals surface area contributed by atoms with Crippen molar-refractivity contribution in [3.05, 3.63) is 71.1 Å². The monoisotopic (exact) mass is 368 g/mol. The SMILES string of the molecule is COc1ccc([C@H]2N=C3SC=C(c4ccccc4)N3C(=O)[C@H]2S)cc1. The standard InChI is InChI=1S/C19H16N2O2S2/c1-23-14-9-7-13(8-10-14)16-17(24)18(22)21-15(11-25-19(21)20-16)12-5-3-2-4-6-12/h2-11,16-17,24H,1H3/t16-,17+/m1/s1. The molecule has 126 valence electrons. The zero-order valence-corrected chi connectivity index (χ0v) is 15.2. The Bertz CT molecular complexity index is 863. The van der Waals surface area contributed by atoms with Crippen molar-refractivity contribution in [1.29, 1.82) is 0 Å². The van der Waals surface area contributed by atoms with Crippen molar-refractivity contribution in [2.75, 3.05) is 7.11 Å². The Balaban J connectivity index is 1.68. The Morgan fingerprint density at radius 1 is 1.12 bits per heavy atom. The Morgan fingerprint density at radius 2 is 1.84 bits per heavy atom. The van der Waals surface area contributed by atoms with Gasteiger partial charge in [-0.05, 0) is 23.3 Å². The first-order valence-corrected chi connectivity index (χ1v) is 9.24. The summed E-state index contributed by atoms with van der Waals surface area (Å²) in [5.74, 6) is 0.730. The van der Waals surface area contributed by atoms with Crippen molar-refractivity contribution < 1.29 is 9.53 Å². The molecule has 0 aliphatic carbocycles. The van der Waals surface area contributed by atoms with Gasteiger partial charge >= 0.3 is 0 Å². The second-order valence-corrected chi connectivity index (χ2v) is 7.13. The van der Waals surface area contributed by atoms with Crippen LogP contribution in [0.2, 0.25) is 0 Å². The number of carbonyl (C=O) groups excluding carboxylic acids is 1. The van der Waals surface area contributed by atoms with E-state index in [1.54, 1.807) is 12.0 Å². The molecule has 2 aromatic carbocycles. The molecule has 2 aromatic rings. The van der Waals surface area contributed by atoms with E-state index in [4.69, 9.17) is 9.73 Å². The number of methoxy groups -OCH3 is 1. The molecule has 25 heavy (non-hydrogen) atoms. The number of nitrogens with zero attached hydrogens (tertiary/aromatic N) is 2. The van der Waals surface area contributed by atoms with Crippen LogP contribution in [0.25, 0.3) is 5.70 Å². The molecule has 2 aliphatic rings. The number of thioether (sulfide) groups is 1. The predicted octanol–water partition coefficient (Wildman–Crippen LogP) is 3.98. The first kappa shape index (κ1) is 16.3. The summed E-state index contributed by atoms with van der Waals surface area (Å²) in [5, 5.41) is 2.15. The van der Waals surface area contributed by atoms with Crippen LogP contribution in [0.4, 0.5) is 0 Å². The van der Waals surface area contributed by atoms with Gasteiger partial charge in [0, 0.05) is 5.41 Å². The second-order valence-electron chi connectivity index (χ2n) is 5.74. The Morgan fingerprint density at radius 3 is 2.52 bits per heavy atom. The van der Waals surface area contributed by atoms with Gasteiger partial charge in [0.15, 0.2) is 5.17 Å². The zero-order chi connectivity index (χ0) is 17.4. The highest BCUT2D eigenvalue weighted by Gasteiger charge is 2.41. The maximum atomic E-state index is 13.0. The van der Waals surface area contributed by atoms with E-state index in [0.29, 0.717) is 5.17 Å². The van der Waals surface area contributed by atoms with Crippen molar-refractivity contribution in [3.8, 4) is 5.75 Å². The fraction of sp³-hybridized carbons (Fsp3) is 0.158. The molecule has 0 bridgehead atoms. The van der Waals surface area contributed by atoms with Gasteiger partial charge < -0.3 is 4.74 Å². The van der Waals surface area contributed by atoms with E-state index in [1.807, 2.05) is 60.0 Å². The summed E-state index contributed by atoms with van der Waals surface area (Å²) in [4.78, 5) is 19.5. The fourth-order valence-corrected chi connectivity index (χ4v) is 4.22. The Kier molecular flexibility index (Phi) is 4.31. The van der Waals surface area contributed by atoms with Gasteiger partial charge in [-0.3, -0.25) is 14.7 Å². The molecule has 0 spiro atoms. The van der Waals surface area contributed by atoms with Gasteiger partial charge in [-0.1, -0.05) is 54.2 Å². The minimum atomic E-state index is -0.525. The zero-order valence-electron chi connectivity index (χ0n) is 13.5. The Labute approximate surface area is 156 Å². The van der Waals surface area contributed by atoms with E-state index in [-0.39, 0.29) is 11.9 Å². The van der Waals surface area contributed by atoms with E-state index in [0.717, 1.165) is 22.6 Å². The molecular formula is C19H16N2O2S2. The number of thiol groups is 1. The number of carbonyl (C=O) groups is 1. The molecule has 2 aliphatic heterocycles. The van der Waals surface area contributed by atoms with Crippen molar-refractivity contribution in [2.24, 2.45) is 4.99 Å². The van der Waals surface area contributed by atoms with E-state index >= 15 is 0 Å². The van der Waals surface area contributed by atoms with Crippen LogP contribution in [-0.4, -0.2) is 28.3 Å². The lowest BCUT2D eigenvalue weighted by Gasteiger charge is -2.32. The lowest BCUT2D eigenvalue weighted by atomic mass is 10.0. The maximum absolute atomic E-state index is 13.0.